The van der Waals surface area contributed by atoms with Crippen molar-refractivity contribution in [3.8, 4) is 5.75 Å². The molecule has 118 valence electrons. The van der Waals surface area contributed by atoms with Gasteiger partial charge >= 0.3 is 0 Å². The predicted octanol–water partition coefficient (Wildman–Crippen LogP) is 1.88. The van der Waals surface area contributed by atoms with Gasteiger partial charge in [0.1, 0.15) is 5.75 Å². The quantitative estimate of drug-likeness (QED) is 0.564. The molecule has 1 aromatic carbocycles. The van der Waals surface area contributed by atoms with Gasteiger partial charge in [-0.15, -0.1) is 12.4 Å². The van der Waals surface area contributed by atoms with Gasteiger partial charge in [0.05, 0.1) is 18.2 Å². The Morgan fingerprint density at radius 2 is 1.95 bits per heavy atom. The van der Waals surface area contributed by atoms with Crippen LogP contribution in [0.2, 0.25) is 5.02 Å². The number of benzene rings is 1. The average Bonchev–Trinajstić information content (AvgIpc) is 2.34. The molecule has 0 aliphatic heterocycles. The van der Waals surface area contributed by atoms with Crippen molar-refractivity contribution in [3.05, 3.63) is 28.8 Å². The predicted molar refractivity (Wildman–Crippen MR) is 90.2 cm³/mol. The first-order valence-corrected chi connectivity index (χ1v) is 6.57. The number of nitrogens with zero attached hydrogens (tertiary/aromatic N) is 2. The Kier molecular flexibility index (Phi) is 8.57. The summed E-state index contributed by atoms with van der Waals surface area (Å²) in [6, 6.07) is 5.46. The molecule has 0 fully saturated rings. The third kappa shape index (κ3) is 7.63. The van der Waals surface area contributed by atoms with Crippen LogP contribution in [0.25, 0.3) is 0 Å². The molecular weight excluding hydrogens is 313 g/mol. The van der Waals surface area contributed by atoms with Crippen molar-refractivity contribution >= 4 is 35.9 Å². The summed E-state index contributed by atoms with van der Waals surface area (Å²) in [5, 5.41) is 0.541. The second-order valence-electron chi connectivity index (χ2n) is 4.68. The van der Waals surface area contributed by atoms with Crippen LogP contribution in [-0.4, -0.2) is 18.5 Å². The van der Waals surface area contributed by atoms with E-state index in [2.05, 4.69) is 23.8 Å². The third-order valence-corrected chi connectivity index (χ3v) is 2.53. The Morgan fingerprint density at radius 1 is 1.29 bits per heavy atom. The van der Waals surface area contributed by atoms with Gasteiger partial charge in [0.25, 0.3) is 0 Å². The lowest BCUT2D eigenvalue weighted by molar-refractivity contribution is 0.271. The summed E-state index contributed by atoms with van der Waals surface area (Å²) >= 11 is 6.14. The van der Waals surface area contributed by atoms with Crippen LogP contribution in [0.5, 0.6) is 5.75 Å². The molecule has 0 bridgehead atoms. The summed E-state index contributed by atoms with van der Waals surface area (Å²) in [5.41, 5.74) is 16.8. The molecule has 21 heavy (non-hydrogen) atoms. The normalized spacial score (nSPS) is 11.0. The van der Waals surface area contributed by atoms with Gasteiger partial charge < -0.3 is 21.9 Å². The first-order chi connectivity index (χ1) is 9.38. The van der Waals surface area contributed by atoms with E-state index in [0.29, 0.717) is 29.8 Å². The van der Waals surface area contributed by atoms with Crippen molar-refractivity contribution in [1.82, 2.24) is 0 Å². The number of hydrogen-bond acceptors (Lipinski definition) is 2. The maximum absolute atomic E-state index is 6.14. The molecule has 6 N–H and O–H groups in total. The third-order valence-electron chi connectivity index (χ3n) is 2.24. The number of halogens is 2. The summed E-state index contributed by atoms with van der Waals surface area (Å²) in [5.74, 6) is 1.00. The maximum Gasteiger partial charge on any atom is 0.218 e. The molecule has 8 heteroatoms. The topological polar surface area (TPSA) is 112 Å². The molecule has 0 amide bonds. The van der Waals surface area contributed by atoms with Crippen molar-refractivity contribution in [3.63, 3.8) is 0 Å². The molecule has 0 saturated heterocycles. The molecular formula is C13H21Cl2N5O. The highest BCUT2D eigenvalue weighted by Crippen LogP contribution is 2.26. The lowest BCUT2D eigenvalue weighted by Gasteiger charge is -2.10. The van der Waals surface area contributed by atoms with E-state index >= 15 is 0 Å². The number of ether oxygens (including phenoxy) is 1. The van der Waals surface area contributed by atoms with Crippen molar-refractivity contribution in [2.75, 3.05) is 6.61 Å². The average molecular weight is 334 g/mol. The Balaban J connectivity index is 0.00000400. The molecule has 0 atom stereocenters. The zero-order chi connectivity index (χ0) is 15.1. The second kappa shape index (κ2) is 9.31. The van der Waals surface area contributed by atoms with E-state index in [1.807, 2.05) is 12.1 Å². The van der Waals surface area contributed by atoms with Crippen molar-refractivity contribution in [1.29, 1.82) is 0 Å². The van der Waals surface area contributed by atoms with E-state index in [0.717, 1.165) is 5.56 Å². The molecule has 6 nitrogen and oxygen atoms in total. The number of hydrogen-bond donors (Lipinski definition) is 3. The zero-order valence-electron chi connectivity index (χ0n) is 12.0. The molecule has 0 aliphatic carbocycles. The molecule has 0 spiro atoms. The zero-order valence-corrected chi connectivity index (χ0v) is 13.6. The maximum atomic E-state index is 6.14. The summed E-state index contributed by atoms with van der Waals surface area (Å²) in [6.07, 6.45) is 0. The molecule has 1 aromatic rings. The molecule has 1 rings (SSSR count). The molecule has 0 aliphatic rings. The van der Waals surface area contributed by atoms with E-state index < -0.39 is 0 Å². The van der Waals surface area contributed by atoms with Gasteiger partial charge in [0.15, 0.2) is 5.96 Å². The number of aliphatic imine (C=N–C) groups is 2. The van der Waals surface area contributed by atoms with Crippen LogP contribution in [0.4, 0.5) is 0 Å². The highest BCUT2D eigenvalue weighted by molar-refractivity contribution is 6.32. The van der Waals surface area contributed by atoms with Crippen LogP contribution < -0.4 is 21.9 Å². The van der Waals surface area contributed by atoms with Gasteiger partial charge in [0.2, 0.25) is 5.96 Å². The molecule has 0 saturated carbocycles. The number of guanidine groups is 2. The molecule has 0 aromatic heterocycles. The van der Waals surface area contributed by atoms with Gasteiger partial charge in [-0.25, -0.2) is 4.99 Å². The van der Waals surface area contributed by atoms with Crippen molar-refractivity contribution < 1.29 is 4.74 Å². The fraction of sp³-hybridized carbons (Fsp3) is 0.385. The Hall–Kier alpha value is -1.66. The van der Waals surface area contributed by atoms with Gasteiger partial charge in [-0.05, 0) is 23.6 Å². The lowest BCUT2D eigenvalue weighted by Crippen LogP contribution is -2.26. The van der Waals surface area contributed by atoms with Crippen LogP contribution in [0.3, 0.4) is 0 Å². The largest absolute Gasteiger partial charge is 0.492 e. The van der Waals surface area contributed by atoms with Crippen LogP contribution in [0.15, 0.2) is 28.2 Å². The highest BCUT2D eigenvalue weighted by Gasteiger charge is 2.04. The van der Waals surface area contributed by atoms with Gasteiger partial charge in [0, 0.05) is 0 Å². The fourth-order valence-corrected chi connectivity index (χ4v) is 1.61. The number of nitrogens with two attached hydrogens (primary N) is 3. The molecule has 0 unspecified atom stereocenters. The van der Waals surface area contributed by atoms with Crippen molar-refractivity contribution in [2.24, 2.45) is 33.1 Å². The first-order valence-electron chi connectivity index (χ1n) is 6.19. The lowest BCUT2D eigenvalue weighted by atomic mass is 10.2. The van der Waals surface area contributed by atoms with Gasteiger partial charge in [-0.3, -0.25) is 0 Å². The van der Waals surface area contributed by atoms with E-state index in [1.165, 1.54) is 0 Å². The first kappa shape index (κ1) is 19.3. The smallest absolute Gasteiger partial charge is 0.218 e. The summed E-state index contributed by atoms with van der Waals surface area (Å²) in [4.78, 5) is 7.65. The minimum absolute atomic E-state index is 0. The molecule has 0 radical (unpaired) electrons. The minimum atomic E-state index is -0.123. The standard InChI is InChI=1S/C13H20ClN5O.ClH/c1-8(2)7-20-11-4-3-9(5-10(11)14)6-18-13(17)19-12(15)16;/h3-5,8H,6-7H2,1-2H3,(H6,15,16,17,18,19);1H. The minimum Gasteiger partial charge on any atom is -0.492 e. The second-order valence-corrected chi connectivity index (χ2v) is 5.09. The van der Waals surface area contributed by atoms with E-state index in [1.54, 1.807) is 6.07 Å². The van der Waals surface area contributed by atoms with Gasteiger partial charge in [-0.1, -0.05) is 31.5 Å². The van der Waals surface area contributed by atoms with E-state index in [9.17, 15) is 0 Å². The summed E-state index contributed by atoms with van der Waals surface area (Å²) in [7, 11) is 0. The van der Waals surface area contributed by atoms with Crippen LogP contribution in [0, 0.1) is 5.92 Å². The van der Waals surface area contributed by atoms with Gasteiger partial charge in [-0.2, -0.15) is 4.99 Å². The molecule has 0 heterocycles. The summed E-state index contributed by atoms with van der Waals surface area (Å²) < 4.78 is 5.58. The van der Waals surface area contributed by atoms with Crippen molar-refractivity contribution in [2.45, 2.75) is 20.4 Å². The Labute approximate surface area is 135 Å². The summed E-state index contributed by atoms with van der Waals surface area (Å²) in [6.45, 7) is 5.11. The number of rotatable bonds is 5. The monoisotopic (exact) mass is 333 g/mol. The van der Waals surface area contributed by atoms with Crippen LogP contribution in [0.1, 0.15) is 19.4 Å². The van der Waals surface area contributed by atoms with Crippen LogP contribution in [-0.2, 0) is 6.54 Å². The Bertz CT molecular complexity index is 513. The highest BCUT2D eigenvalue weighted by atomic mass is 35.5. The van der Waals surface area contributed by atoms with E-state index in [-0.39, 0.29) is 24.3 Å². The van der Waals surface area contributed by atoms with E-state index in [4.69, 9.17) is 33.5 Å². The SMILES string of the molecule is CC(C)COc1ccc(CN=C(N)N=C(N)N)cc1Cl.Cl. The fourth-order valence-electron chi connectivity index (χ4n) is 1.36. The Morgan fingerprint density at radius 3 is 2.48 bits per heavy atom. The van der Waals surface area contributed by atoms with Crippen LogP contribution >= 0.6 is 24.0 Å².